The van der Waals surface area contributed by atoms with E-state index >= 15 is 0 Å². The monoisotopic (exact) mass is 384 g/mol. The number of carbonyl (C=O) groups excluding carboxylic acids is 1. The van der Waals surface area contributed by atoms with Crippen molar-refractivity contribution in [3.63, 3.8) is 0 Å². The molecule has 1 aliphatic rings. The number of hydrogen-bond acceptors (Lipinski definition) is 4. The highest BCUT2D eigenvalue weighted by Gasteiger charge is 2.14. The number of ether oxygens (including phenoxy) is 1. The predicted molar refractivity (Wildman–Crippen MR) is 105 cm³/mol. The minimum Gasteiger partial charge on any atom is -0.379 e. The largest absolute Gasteiger partial charge is 0.379 e. The summed E-state index contributed by atoms with van der Waals surface area (Å²) in [7, 11) is 0. The summed E-state index contributed by atoms with van der Waals surface area (Å²) >= 11 is 1.31. The molecule has 4 nitrogen and oxygen atoms in total. The van der Waals surface area contributed by atoms with E-state index in [-0.39, 0.29) is 11.7 Å². The van der Waals surface area contributed by atoms with Gasteiger partial charge in [0.1, 0.15) is 5.82 Å². The van der Waals surface area contributed by atoms with Gasteiger partial charge in [-0.05, 0) is 34.7 Å². The molecule has 1 aromatic heterocycles. The molecule has 0 atom stereocenters. The third-order valence-corrected chi connectivity index (χ3v) is 5.86. The Morgan fingerprint density at radius 3 is 2.70 bits per heavy atom. The molecule has 2 aromatic carbocycles. The summed E-state index contributed by atoms with van der Waals surface area (Å²) in [4.78, 5) is 15.5. The summed E-state index contributed by atoms with van der Waals surface area (Å²) in [5.74, 6) is -0.411. The highest BCUT2D eigenvalue weighted by atomic mass is 32.1. The topological polar surface area (TPSA) is 41.6 Å². The van der Waals surface area contributed by atoms with E-state index in [0.717, 1.165) is 48.5 Å². The van der Waals surface area contributed by atoms with Gasteiger partial charge in [0.2, 0.25) is 0 Å². The second-order valence-corrected chi connectivity index (χ2v) is 7.72. The van der Waals surface area contributed by atoms with Crippen LogP contribution in [0, 0.1) is 5.82 Å². The van der Waals surface area contributed by atoms with Crippen LogP contribution in [0.5, 0.6) is 0 Å². The van der Waals surface area contributed by atoms with E-state index in [9.17, 15) is 9.18 Å². The molecule has 3 aromatic rings. The fourth-order valence-electron chi connectivity index (χ4n) is 3.26. The summed E-state index contributed by atoms with van der Waals surface area (Å²) in [5.41, 5.74) is 2.34. The lowest BCUT2D eigenvalue weighted by Crippen LogP contribution is -2.36. The molecule has 6 heteroatoms. The van der Waals surface area contributed by atoms with Crippen molar-refractivity contribution in [2.75, 3.05) is 26.3 Å². The van der Waals surface area contributed by atoms with Gasteiger partial charge in [0.25, 0.3) is 5.91 Å². The van der Waals surface area contributed by atoms with Gasteiger partial charge in [0.15, 0.2) is 0 Å². The number of thiophene rings is 1. The first kappa shape index (κ1) is 18.1. The van der Waals surface area contributed by atoms with Gasteiger partial charge in [-0.15, -0.1) is 11.3 Å². The van der Waals surface area contributed by atoms with Crippen LogP contribution in [0.3, 0.4) is 0 Å². The Bertz CT molecular complexity index is 950. The molecule has 0 unspecified atom stereocenters. The van der Waals surface area contributed by atoms with Gasteiger partial charge in [0, 0.05) is 30.9 Å². The zero-order valence-electron chi connectivity index (χ0n) is 14.9. The van der Waals surface area contributed by atoms with E-state index in [1.165, 1.54) is 29.0 Å². The normalized spacial score (nSPS) is 15.1. The number of morpholine rings is 1. The van der Waals surface area contributed by atoms with Crippen LogP contribution in [-0.2, 0) is 17.8 Å². The first-order valence-electron chi connectivity index (χ1n) is 9.03. The van der Waals surface area contributed by atoms with Gasteiger partial charge in [-0.2, -0.15) is 0 Å². The number of hydrogen-bond donors (Lipinski definition) is 1. The number of nitrogens with zero attached hydrogens (tertiary/aromatic N) is 1. The number of benzene rings is 2. The van der Waals surface area contributed by atoms with Gasteiger partial charge < -0.3 is 10.1 Å². The van der Waals surface area contributed by atoms with Crippen LogP contribution in [0.25, 0.3) is 10.1 Å². The molecule has 1 aliphatic heterocycles. The van der Waals surface area contributed by atoms with Crippen LogP contribution in [0.2, 0.25) is 0 Å². The van der Waals surface area contributed by atoms with Crippen molar-refractivity contribution in [1.82, 2.24) is 10.2 Å². The molecule has 4 rings (SSSR count). The number of amides is 1. The van der Waals surface area contributed by atoms with E-state index in [1.807, 2.05) is 18.2 Å². The fourth-order valence-corrected chi connectivity index (χ4v) is 4.27. The lowest BCUT2D eigenvalue weighted by atomic mass is 10.1. The predicted octanol–water partition coefficient (Wildman–Crippen LogP) is 3.80. The van der Waals surface area contributed by atoms with Crippen LogP contribution >= 0.6 is 11.3 Å². The van der Waals surface area contributed by atoms with Gasteiger partial charge in [-0.3, -0.25) is 9.69 Å². The highest BCUT2D eigenvalue weighted by molar-refractivity contribution is 7.20. The number of carbonyl (C=O) groups is 1. The van der Waals surface area contributed by atoms with Gasteiger partial charge >= 0.3 is 0 Å². The lowest BCUT2D eigenvalue weighted by Gasteiger charge is -2.27. The van der Waals surface area contributed by atoms with Crippen LogP contribution in [0.1, 0.15) is 20.8 Å². The minimum absolute atomic E-state index is 0.127. The lowest BCUT2D eigenvalue weighted by molar-refractivity contribution is 0.0340. The maximum absolute atomic E-state index is 13.3. The number of fused-ring (bicyclic) bond motifs is 1. The molecule has 1 amide bonds. The Morgan fingerprint density at radius 1 is 1.11 bits per heavy atom. The average molecular weight is 384 g/mol. The van der Waals surface area contributed by atoms with Crippen molar-refractivity contribution in [2.24, 2.45) is 0 Å². The average Bonchev–Trinajstić information content (AvgIpc) is 3.11. The Morgan fingerprint density at radius 2 is 1.89 bits per heavy atom. The quantitative estimate of drug-likeness (QED) is 0.727. The first-order valence-corrected chi connectivity index (χ1v) is 9.85. The molecular weight excluding hydrogens is 363 g/mol. The number of rotatable bonds is 5. The maximum atomic E-state index is 13.3. The molecular formula is C21H21FN2O2S. The zero-order valence-corrected chi connectivity index (χ0v) is 15.7. The van der Waals surface area contributed by atoms with Crippen LogP contribution in [0.15, 0.2) is 48.5 Å². The van der Waals surface area contributed by atoms with E-state index in [2.05, 4.69) is 22.3 Å². The van der Waals surface area contributed by atoms with Crippen molar-refractivity contribution in [1.29, 1.82) is 0 Å². The van der Waals surface area contributed by atoms with E-state index in [0.29, 0.717) is 11.4 Å². The molecule has 2 heterocycles. The molecule has 0 radical (unpaired) electrons. The van der Waals surface area contributed by atoms with Crippen molar-refractivity contribution < 1.29 is 13.9 Å². The summed E-state index contributed by atoms with van der Waals surface area (Å²) in [6.45, 7) is 4.73. The fraction of sp³-hybridized carbons (Fsp3) is 0.286. The minimum atomic E-state index is -0.284. The van der Waals surface area contributed by atoms with Crippen molar-refractivity contribution >= 4 is 27.3 Å². The van der Waals surface area contributed by atoms with Gasteiger partial charge in [-0.25, -0.2) is 4.39 Å². The molecule has 0 bridgehead atoms. The molecule has 1 N–H and O–H groups in total. The second-order valence-electron chi connectivity index (χ2n) is 6.63. The van der Waals surface area contributed by atoms with Gasteiger partial charge in [0.05, 0.1) is 18.1 Å². The third-order valence-electron chi connectivity index (χ3n) is 4.76. The second kappa shape index (κ2) is 8.17. The summed E-state index contributed by atoms with van der Waals surface area (Å²) in [6, 6.07) is 14.6. The number of halogens is 1. The van der Waals surface area contributed by atoms with E-state index < -0.39 is 0 Å². The van der Waals surface area contributed by atoms with Gasteiger partial charge in [-0.1, -0.05) is 30.3 Å². The van der Waals surface area contributed by atoms with Crippen LogP contribution in [0.4, 0.5) is 4.39 Å². The third kappa shape index (κ3) is 4.35. The Kier molecular flexibility index (Phi) is 5.48. The molecule has 140 valence electrons. The zero-order chi connectivity index (χ0) is 18.6. The maximum Gasteiger partial charge on any atom is 0.261 e. The summed E-state index contributed by atoms with van der Waals surface area (Å²) in [5, 5.41) is 3.89. The highest BCUT2D eigenvalue weighted by Crippen LogP contribution is 2.26. The summed E-state index contributed by atoms with van der Waals surface area (Å²) in [6.07, 6.45) is 0. The molecule has 1 saturated heterocycles. The molecule has 0 aliphatic carbocycles. The molecule has 1 fully saturated rings. The number of nitrogens with one attached hydrogen (secondary N) is 1. The Labute approximate surface area is 161 Å². The molecule has 27 heavy (non-hydrogen) atoms. The van der Waals surface area contributed by atoms with E-state index in [1.54, 1.807) is 6.07 Å². The van der Waals surface area contributed by atoms with Crippen molar-refractivity contribution in [2.45, 2.75) is 13.1 Å². The van der Waals surface area contributed by atoms with E-state index in [4.69, 9.17) is 4.74 Å². The first-order chi connectivity index (χ1) is 13.2. The van der Waals surface area contributed by atoms with Crippen molar-refractivity contribution in [3.05, 3.63) is 70.4 Å². The van der Waals surface area contributed by atoms with Crippen LogP contribution < -0.4 is 5.32 Å². The molecule has 0 spiro atoms. The summed E-state index contributed by atoms with van der Waals surface area (Å²) < 4.78 is 19.5. The van der Waals surface area contributed by atoms with Crippen molar-refractivity contribution in [3.8, 4) is 0 Å². The standard InChI is InChI=1S/C21H21FN2O2S/c22-18-6-5-15-11-20(27-19(15)12-18)21(25)23-13-16-3-1-2-4-17(16)14-24-7-9-26-10-8-24/h1-6,11-12H,7-10,13-14H2,(H,23,25). The Balaban J connectivity index is 1.43. The van der Waals surface area contributed by atoms with Crippen LogP contribution in [-0.4, -0.2) is 37.1 Å². The molecule has 0 saturated carbocycles. The smallest absolute Gasteiger partial charge is 0.261 e. The SMILES string of the molecule is O=C(NCc1ccccc1CN1CCOCC1)c1cc2ccc(F)cc2s1. The Hall–Kier alpha value is -2.28.